The number of ether oxygens (including phenoxy) is 3. The molecule has 232 valence electrons. The highest BCUT2D eigenvalue weighted by molar-refractivity contribution is 7.09. The lowest BCUT2D eigenvalue weighted by Crippen LogP contribution is -2.50. The largest absolute Gasteiger partial charge is 0.497 e. The Hall–Kier alpha value is -5.23. The van der Waals surface area contributed by atoms with Crippen molar-refractivity contribution in [3.05, 3.63) is 82.7 Å². The van der Waals surface area contributed by atoms with E-state index in [-0.39, 0.29) is 18.5 Å². The van der Waals surface area contributed by atoms with Crippen molar-refractivity contribution in [1.82, 2.24) is 9.88 Å². The molecular formula is C33H32N4O7S. The molecule has 0 saturated carbocycles. The Kier molecular flexibility index (Phi) is 9.43. The van der Waals surface area contributed by atoms with Crippen molar-refractivity contribution in [3.63, 3.8) is 0 Å². The molecule has 3 amide bonds. The molecule has 4 aromatic rings. The van der Waals surface area contributed by atoms with Crippen LogP contribution in [0, 0.1) is 0 Å². The fraction of sp³-hybridized carbons (Fsp3) is 0.242. The van der Waals surface area contributed by atoms with E-state index in [2.05, 4.69) is 5.32 Å². The topological polar surface area (TPSA) is 127 Å². The monoisotopic (exact) mass is 628 g/mol. The van der Waals surface area contributed by atoms with Crippen LogP contribution < -0.4 is 24.4 Å². The van der Waals surface area contributed by atoms with Crippen molar-refractivity contribution in [2.45, 2.75) is 25.9 Å². The maximum Gasteiger partial charge on any atom is 0.299 e. The van der Waals surface area contributed by atoms with Crippen LogP contribution in [0.15, 0.2) is 72.1 Å². The maximum atomic E-state index is 14.0. The third-order valence-electron chi connectivity index (χ3n) is 7.47. The maximum absolute atomic E-state index is 14.0. The number of ketones is 1. The lowest BCUT2D eigenvalue weighted by molar-refractivity contribution is -0.138. The quantitative estimate of drug-likeness (QED) is 0.222. The highest BCUT2D eigenvalue weighted by Gasteiger charge is 2.39. The second kappa shape index (κ2) is 13.6. The van der Waals surface area contributed by atoms with Gasteiger partial charge in [-0.25, -0.2) is 4.98 Å². The van der Waals surface area contributed by atoms with Crippen LogP contribution in [-0.4, -0.2) is 67.3 Å². The Labute approximate surface area is 264 Å². The number of para-hydroxylation sites is 1. The average Bonchev–Trinajstić information content (AvgIpc) is 3.63. The van der Waals surface area contributed by atoms with Crippen molar-refractivity contribution < 1.29 is 33.4 Å². The van der Waals surface area contributed by atoms with Gasteiger partial charge in [0.2, 0.25) is 11.8 Å². The van der Waals surface area contributed by atoms with Gasteiger partial charge >= 0.3 is 0 Å². The van der Waals surface area contributed by atoms with Gasteiger partial charge in [-0.3, -0.25) is 24.1 Å². The van der Waals surface area contributed by atoms with Crippen molar-refractivity contribution >= 4 is 46.2 Å². The molecule has 12 heteroatoms. The number of rotatable bonds is 12. The van der Waals surface area contributed by atoms with E-state index in [4.69, 9.17) is 19.2 Å². The van der Waals surface area contributed by atoms with Gasteiger partial charge < -0.3 is 24.4 Å². The molecule has 2 heterocycles. The standard InChI is InChI=1S/C33H32N4O7S/c1-5-26(32(40)35-24-15-14-22(43-3)16-28(24)44-4)36(17-29-34-25(19-45-29)20-10-12-21(42-2)13-11-20)30(38)18-37-27-9-7-6-8-23(27)31(39)33(37)41/h6-16,19,26H,5,17-18H2,1-4H3,(H,35,40). The molecule has 1 aliphatic rings. The molecule has 0 fully saturated rings. The van der Waals surface area contributed by atoms with Crippen LogP contribution in [-0.2, 0) is 20.9 Å². The molecule has 3 aromatic carbocycles. The third kappa shape index (κ3) is 6.50. The van der Waals surface area contributed by atoms with Gasteiger partial charge in [0, 0.05) is 17.0 Å². The average molecular weight is 629 g/mol. The molecule has 5 rings (SSSR count). The van der Waals surface area contributed by atoms with Gasteiger partial charge in [0.15, 0.2) is 0 Å². The molecular weight excluding hydrogens is 596 g/mol. The zero-order valence-electron chi connectivity index (χ0n) is 25.2. The summed E-state index contributed by atoms with van der Waals surface area (Å²) >= 11 is 1.35. The van der Waals surface area contributed by atoms with Crippen molar-refractivity contribution in [1.29, 1.82) is 0 Å². The third-order valence-corrected chi connectivity index (χ3v) is 8.30. The van der Waals surface area contributed by atoms with E-state index in [0.717, 1.165) is 10.5 Å². The number of nitrogens with zero attached hydrogens (tertiary/aromatic N) is 3. The summed E-state index contributed by atoms with van der Waals surface area (Å²) < 4.78 is 15.9. The smallest absolute Gasteiger partial charge is 0.299 e. The molecule has 1 unspecified atom stereocenters. The predicted molar refractivity (Wildman–Crippen MR) is 170 cm³/mol. The minimum absolute atomic E-state index is 0.00293. The number of hydrogen-bond acceptors (Lipinski definition) is 9. The first-order valence-corrected chi connectivity index (χ1v) is 15.0. The van der Waals surface area contributed by atoms with Gasteiger partial charge in [-0.1, -0.05) is 19.1 Å². The van der Waals surface area contributed by atoms with Crippen LogP contribution in [0.5, 0.6) is 17.2 Å². The number of anilines is 2. The number of nitrogens with one attached hydrogen (secondary N) is 1. The number of carbonyl (C=O) groups excluding carboxylic acids is 4. The van der Waals surface area contributed by atoms with Crippen molar-refractivity contribution in [3.8, 4) is 28.5 Å². The fourth-order valence-electron chi connectivity index (χ4n) is 5.09. The zero-order valence-corrected chi connectivity index (χ0v) is 26.1. The molecule has 1 N–H and O–H groups in total. The number of amides is 3. The van der Waals surface area contributed by atoms with Crippen LogP contribution in [0.4, 0.5) is 11.4 Å². The van der Waals surface area contributed by atoms with E-state index in [1.807, 2.05) is 29.6 Å². The Morgan fingerprint density at radius 3 is 2.36 bits per heavy atom. The second-order valence-electron chi connectivity index (χ2n) is 10.1. The first kappa shape index (κ1) is 31.2. The highest BCUT2D eigenvalue weighted by Crippen LogP contribution is 2.31. The minimum atomic E-state index is -0.943. The van der Waals surface area contributed by atoms with Gasteiger partial charge in [-0.2, -0.15) is 0 Å². The van der Waals surface area contributed by atoms with Crippen molar-refractivity contribution in [2.24, 2.45) is 0 Å². The highest BCUT2D eigenvalue weighted by atomic mass is 32.1. The summed E-state index contributed by atoms with van der Waals surface area (Å²) in [5, 5.41) is 5.34. The number of methoxy groups -OCH3 is 3. The van der Waals surface area contributed by atoms with Gasteiger partial charge in [0.25, 0.3) is 11.7 Å². The summed E-state index contributed by atoms with van der Waals surface area (Å²) in [4.78, 5) is 60.7. The molecule has 0 bridgehead atoms. The number of carbonyl (C=O) groups is 4. The summed E-state index contributed by atoms with van der Waals surface area (Å²) in [5.41, 5.74) is 2.57. The Morgan fingerprint density at radius 2 is 1.67 bits per heavy atom. The first-order chi connectivity index (χ1) is 21.8. The summed E-state index contributed by atoms with van der Waals surface area (Å²) in [5.74, 6) is -0.782. The Bertz CT molecular complexity index is 1740. The molecule has 0 radical (unpaired) electrons. The van der Waals surface area contributed by atoms with E-state index in [1.165, 1.54) is 30.5 Å². The molecule has 0 aliphatic carbocycles. The lowest BCUT2D eigenvalue weighted by atomic mass is 10.1. The summed E-state index contributed by atoms with van der Waals surface area (Å²) in [7, 11) is 4.60. The van der Waals surface area contributed by atoms with E-state index in [0.29, 0.717) is 39.3 Å². The van der Waals surface area contributed by atoms with E-state index in [9.17, 15) is 19.2 Å². The number of aromatic nitrogens is 1. The molecule has 45 heavy (non-hydrogen) atoms. The fourth-order valence-corrected chi connectivity index (χ4v) is 5.89. The summed E-state index contributed by atoms with van der Waals surface area (Å²) in [6, 6.07) is 18.0. The zero-order chi connectivity index (χ0) is 32.1. The first-order valence-electron chi connectivity index (χ1n) is 14.1. The summed E-state index contributed by atoms with van der Waals surface area (Å²) in [6.07, 6.45) is 0.260. The Morgan fingerprint density at radius 1 is 0.956 bits per heavy atom. The molecule has 0 spiro atoms. The molecule has 1 aliphatic heterocycles. The summed E-state index contributed by atoms with van der Waals surface area (Å²) in [6.45, 7) is 1.37. The molecule has 0 saturated heterocycles. The predicted octanol–water partition coefficient (Wildman–Crippen LogP) is 4.81. The van der Waals surface area contributed by atoms with E-state index in [1.54, 1.807) is 56.5 Å². The number of fused-ring (bicyclic) bond motifs is 1. The Balaban J connectivity index is 1.45. The molecule has 1 aromatic heterocycles. The van der Waals surface area contributed by atoms with Crippen LogP contribution in [0.3, 0.4) is 0 Å². The molecule has 1 atom stereocenters. The SMILES string of the molecule is CCC(C(=O)Nc1ccc(OC)cc1OC)N(Cc1nc(-c2ccc(OC)cc2)cs1)C(=O)CN1C(=O)C(=O)c2ccccc21. The van der Waals surface area contributed by atoms with Gasteiger partial charge in [-0.15, -0.1) is 11.3 Å². The number of benzene rings is 3. The van der Waals surface area contributed by atoms with E-state index < -0.39 is 36.1 Å². The number of hydrogen-bond donors (Lipinski definition) is 1. The molecule has 11 nitrogen and oxygen atoms in total. The normalized spacial score (nSPS) is 12.8. The minimum Gasteiger partial charge on any atom is -0.497 e. The van der Waals surface area contributed by atoms with Crippen LogP contribution in [0.2, 0.25) is 0 Å². The van der Waals surface area contributed by atoms with Crippen LogP contribution in [0.1, 0.15) is 28.7 Å². The van der Waals surface area contributed by atoms with Gasteiger partial charge in [0.1, 0.15) is 34.8 Å². The second-order valence-corrected chi connectivity index (χ2v) is 11.0. The number of thiazole rings is 1. The lowest BCUT2D eigenvalue weighted by Gasteiger charge is -2.31. The number of Topliss-reactive ketones (excluding diaryl/α,β-unsaturated/α-hetero) is 1. The van der Waals surface area contributed by atoms with Gasteiger partial charge in [0.05, 0.1) is 50.5 Å². The van der Waals surface area contributed by atoms with Crippen molar-refractivity contribution in [2.75, 3.05) is 38.1 Å². The van der Waals surface area contributed by atoms with E-state index >= 15 is 0 Å². The van der Waals surface area contributed by atoms with Gasteiger partial charge in [-0.05, 0) is 55.0 Å². The van der Waals surface area contributed by atoms with Crippen LogP contribution in [0.25, 0.3) is 11.3 Å². The van der Waals surface area contributed by atoms with Crippen LogP contribution >= 0.6 is 11.3 Å².